The van der Waals surface area contributed by atoms with E-state index in [0.717, 1.165) is 5.56 Å². The van der Waals surface area contributed by atoms with E-state index in [1.807, 2.05) is 6.07 Å². The predicted octanol–water partition coefficient (Wildman–Crippen LogP) is 1.56. The van der Waals surface area contributed by atoms with Gasteiger partial charge >= 0.3 is 6.09 Å². The SMILES string of the molecule is O=C1NC(c2ccccc2O)CCO1. The summed E-state index contributed by atoms with van der Waals surface area (Å²) in [6.45, 7) is 0.394. The van der Waals surface area contributed by atoms with Crippen molar-refractivity contribution in [1.82, 2.24) is 5.32 Å². The first kappa shape index (κ1) is 8.87. The summed E-state index contributed by atoms with van der Waals surface area (Å²) in [7, 11) is 0. The molecule has 1 aromatic rings. The molecule has 1 unspecified atom stereocenters. The van der Waals surface area contributed by atoms with E-state index in [1.165, 1.54) is 0 Å². The summed E-state index contributed by atoms with van der Waals surface area (Å²) in [6.07, 6.45) is 0.257. The minimum Gasteiger partial charge on any atom is -0.508 e. The van der Waals surface area contributed by atoms with Crippen LogP contribution >= 0.6 is 0 Å². The normalized spacial score (nSPS) is 21.1. The second-order valence-electron chi connectivity index (χ2n) is 3.18. The van der Waals surface area contributed by atoms with Crippen LogP contribution < -0.4 is 5.32 Å². The van der Waals surface area contributed by atoms with Crippen LogP contribution in [0.2, 0.25) is 0 Å². The van der Waals surface area contributed by atoms with Crippen molar-refractivity contribution in [2.45, 2.75) is 12.5 Å². The van der Waals surface area contributed by atoms with Gasteiger partial charge < -0.3 is 15.2 Å². The van der Waals surface area contributed by atoms with Crippen LogP contribution in [0.25, 0.3) is 0 Å². The molecular weight excluding hydrogens is 182 g/mol. The van der Waals surface area contributed by atoms with E-state index in [2.05, 4.69) is 5.32 Å². The number of carbonyl (C=O) groups is 1. The Balaban J connectivity index is 2.22. The van der Waals surface area contributed by atoms with E-state index in [0.29, 0.717) is 13.0 Å². The van der Waals surface area contributed by atoms with Crippen molar-refractivity contribution in [3.8, 4) is 5.75 Å². The minimum atomic E-state index is -0.426. The van der Waals surface area contributed by atoms with Crippen LogP contribution in [0.5, 0.6) is 5.75 Å². The van der Waals surface area contributed by atoms with Crippen LogP contribution in [-0.4, -0.2) is 17.8 Å². The molecule has 0 saturated carbocycles. The minimum absolute atomic E-state index is 0.141. The van der Waals surface area contributed by atoms with E-state index < -0.39 is 6.09 Å². The second-order valence-corrected chi connectivity index (χ2v) is 3.18. The van der Waals surface area contributed by atoms with E-state index in [4.69, 9.17) is 4.74 Å². The van der Waals surface area contributed by atoms with Gasteiger partial charge in [-0.05, 0) is 6.07 Å². The summed E-state index contributed by atoms with van der Waals surface area (Å²) in [5.41, 5.74) is 0.740. The summed E-state index contributed by atoms with van der Waals surface area (Å²) in [5.74, 6) is 0.208. The Morgan fingerprint density at radius 1 is 1.43 bits per heavy atom. The zero-order chi connectivity index (χ0) is 9.97. The first-order valence-electron chi connectivity index (χ1n) is 4.48. The molecule has 4 nitrogen and oxygen atoms in total. The Kier molecular flexibility index (Phi) is 2.26. The Hall–Kier alpha value is -1.71. The molecule has 14 heavy (non-hydrogen) atoms. The Bertz CT molecular complexity index is 351. The number of nitrogens with one attached hydrogen (secondary N) is 1. The van der Waals surface area contributed by atoms with Crippen molar-refractivity contribution in [2.75, 3.05) is 6.61 Å². The summed E-state index contributed by atoms with van der Waals surface area (Å²) < 4.78 is 4.74. The van der Waals surface area contributed by atoms with Gasteiger partial charge in [-0.25, -0.2) is 4.79 Å². The number of hydrogen-bond acceptors (Lipinski definition) is 3. The molecule has 1 atom stereocenters. The number of carbonyl (C=O) groups excluding carboxylic acids is 1. The molecule has 1 saturated heterocycles. The lowest BCUT2D eigenvalue weighted by Crippen LogP contribution is -2.35. The number of aromatic hydroxyl groups is 1. The van der Waals surface area contributed by atoms with Gasteiger partial charge in [0.1, 0.15) is 5.75 Å². The summed E-state index contributed by atoms with van der Waals surface area (Å²) in [6, 6.07) is 6.84. The molecule has 0 aliphatic carbocycles. The number of ether oxygens (including phenoxy) is 1. The first-order chi connectivity index (χ1) is 6.77. The largest absolute Gasteiger partial charge is 0.508 e. The highest BCUT2D eigenvalue weighted by molar-refractivity contribution is 5.68. The van der Waals surface area contributed by atoms with Crippen LogP contribution in [0.1, 0.15) is 18.0 Å². The lowest BCUT2D eigenvalue weighted by atomic mass is 10.0. The molecule has 2 N–H and O–H groups in total. The highest BCUT2D eigenvalue weighted by atomic mass is 16.5. The molecule has 1 amide bonds. The molecule has 1 aromatic carbocycles. The number of cyclic esters (lactones) is 1. The smallest absolute Gasteiger partial charge is 0.407 e. The van der Waals surface area contributed by atoms with Gasteiger partial charge in [-0.3, -0.25) is 0 Å². The van der Waals surface area contributed by atoms with Gasteiger partial charge in [0.25, 0.3) is 0 Å². The fourth-order valence-electron chi connectivity index (χ4n) is 1.54. The molecule has 0 aromatic heterocycles. The van der Waals surface area contributed by atoms with E-state index in [-0.39, 0.29) is 11.8 Å². The maximum atomic E-state index is 10.9. The second kappa shape index (κ2) is 3.57. The van der Waals surface area contributed by atoms with Crippen molar-refractivity contribution >= 4 is 6.09 Å². The number of benzene rings is 1. The number of phenols is 1. The molecule has 0 spiro atoms. The molecule has 1 fully saturated rings. The van der Waals surface area contributed by atoms with Crippen molar-refractivity contribution in [3.63, 3.8) is 0 Å². The number of amides is 1. The van der Waals surface area contributed by atoms with Gasteiger partial charge in [0, 0.05) is 12.0 Å². The first-order valence-corrected chi connectivity index (χ1v) is 4.48. The molecule has 1 aliphatic rings. The number of rotatable bonds is 1. The monoisotopic (exact) mass is 193 g/mol. The Labute approximate surface area is 81.5 Å². The lowest BCUT2D eigenvalue weighted by Gasteiger charge is -2.24. The van der Waals surface area contributed by atoms with Crippen molar-refractivity contribution in [1.29, 1.82) is 0 Å². The number of alkyl carbamates (subject to hydrolysis) is 1. The molecule has 0 bridgehead atoms. The quantitative estimate of drug-likeness (QED) is 0.711. The van der Waals surface area contributed by atoms with Gasteiger partial charge in [0.15, 0.2) is 0 Å². The van der Waals surface area contributed by atoms with Crippen LogP contribution in [-0.2, 0) is 4.74 Å². The molecule has 0 radical (unpaired) electrons. The third-order valence-corrected chi connectivity index (χ3v) is 2.24. The number of hydrogen-bond donors (Lipinski definition) is 2. The number of phenolic OH excluding ortho intramolecular Hbond substituents is 1. The average Bonchev–Trinajstić information content (AvgIpc) is 2.18. The highest BCUT2D eigenvalue weighted by Gasteiger charge is 2.22. The van der Waals surface area contributed by atoms with E-state index in [1.54, 1.807) is 18.2 Å². The van der Waals surface area contributed by atoms with Crippen molar-refractivity contribution < 1.29 is 14.6 Å². The third kappa shape index (κ3) is 1.64. The van der Waals surface area contributed by atoms with Gasteiger partial charge in [-0.1, -0.05) is 18.2 Å². The topological polar surface area (TPSA) is 58.6 Å². The van der Waals surface area contributed by atoms with Gasteiger partial charge in [0.05, 0.1) is 12.6 Å². The molecular formula is C10H11NO3. The van der Waals surface area contributed by atoms with Crippen LogP contribution in [0.4, 0.5) is 4.79 Å². The van der Waals surface area contributed by atoms with Gasteiger partial charge in [-0.2, -0.15) is 0 Å². The van der Waals surface area contributed by atoms with E-state index >= 15 is 0 Å². The Morgan fingerprint density at radius 2 is 2.21 bits per heavy atom. The maximum absolute atomic E-state index is 10.9. The summed E-state index contributed by atoms with van der Waals surface area (Å²) in [4.78, 5) is 10.9. The lowest BCUT2D eigenvalue weighted by molar-refractivity contribution is 0.115. The third-order valence-electron chi connectivity index (χ3n) is 2.24. The fourth-order valence-corrected chi connectivity index (χ4v) is 1.54. The van der Waals surface area contributed by atoms with Crippen LogP contribution in [0.3, 0.4) is 0 Å². The van der Waals surface area contributed by atoms with Crippen LogP contribution in [0, 0.1) is 0 Å². The molecule has 1 heterocycles. The average molecular weight is 193 g/mol. The zero-order valence-electron chi connectivity index (χ0n) is 7.56. The van der Waals surface area contributed by atoms with Crippen molar-refractivity contribution in [2.24, 2.45) is 0 Å². The molecule has 4 heteroatoms. The highest BCUT2D eigenvalue weighted by Crippen LogP contribution is 2.27. The number of para-hydroxylation sites is 1. The summed E-state index contributed by atoms with van der Waals surface area (Å²) >= 11 is 0. The van der Waals surface area contributed by atoms with E-state index in [9.17, 15) is 9.90 Å². The molecule has 1 aliphatic heterocycles. The fraction of sp³-hybridized carbons (Fsp3) is 0.300. The standard InChI is InChI=1S/C10H11NO3/c12-9-4-2-1-3-7(9)8-5-6-14-10(13)11-8/h1-4,8,12H,5-6H2,(H,11,13). The summed E-state index contributed by atoms with van der Waals surface area (Å²) in [5, 5.41) is 12.2. The predicted molar refractivity (Wildman–Crippen MR) is 49.9 cm³/mol. The maximum Gasteiger partial charge on any atom is 0.407 e. The van der Waals surface area contributed by atoms with Gasteiger partial charge in [-0.15, -0.1) is 0 Å². The molecule has 74 valence electrons. The van der Waals surface area contributed by atoms with Crippen LogP contribution in [0.15, 0.2) is 24.3 Å². The Morgan fingerprint density at radius 3 is 2.93 bits per heavy atom. The molecule has 2 rings (SSSR count). The zero-order valence-corrected chi connectivity index (χ0v) is 7.56. The van der Waals surface area contributed by atoms with Gasteiger partial charge in [0.2, 0.25) is 0 Å². The van der Waals surface area contributed by atoms with Crippen molar-refractivity contribution in [3.05, 3.63) is 29.8 Å².